The van der Waals surface area contributed by atoms with Crippen molar-refractivity contribution in [3.8, 4) is 0 Å². The fourth-order valence-corrected chi connectivity index (χ4v) is 1.31. The number of aliphatic hydroxyl groups excluding tert-OH is 2. The van der Waals surface area contributed by atoms with Gasteiger partial charge in [0, 0.05) is 25.0 Å². The van der Waals surface area contributed by atoms with Crippen molar-refractivity contribution < 1.29 is 10.2 Å². The summed E-state index contributed by atoms with van der Waals surface area (Å²) >= 11 is 0. The van der Waals surface area contributed by atoms with E-state index in [1.807, 2.05) is 13.8 Å². The largest absolute Gasteiger partial charge is 0.395 e. The van der Waals surface area contributed by atoms with Gasteiger partial charge < -0.3 is 27.4 Å². The van der Waals surface area contributed by atoms with Crippen LogP contribution in [0.2, 0.25) is 0 Å². The number of aliphatic hydroxyl groups is 2. The first-order valence-corrected chi connectivity index (χ1v) is 5.08. The van der Waals surface area contributed by atoms with Crippen molar-refractivity contribution in [2.24, 2.45) is 22.6 Å². The number of hydrogen-bond acceptors (Lipinski definition) is 6. The van der Waals surface area contributed by atoms with Crippen LogP contribution in [-0.4, -0.2) is 53.7 Å². The van der Waals surface area contributed by atoms with Crippen LogP contribution in [-0.2, 0) is 0 Å². The molecule has 6 heteroatoms. The molecule has 6 nitrogen and oxygen atoms in total. The summed E-state index contributed by atoms with van der Waals surface area (Å²) in [6, 6.07) is 0. The smallest absolute Gasteiger partial charge is 0.127 e. The molecule has 0 spiro atoms. The molecule has 0 bridgehead atoms. The highest BCUT2D eigenvalue weighted by atomic mass is 16.3. The van der Waals surface area contributed by atoms with Gasteiger partial charge in [-0.25, -0.2) is 0 Å². The molecule has 0 aromatic carbocycles. The average molecular weight is 220 g/mol. The van der Waals surface area contributed by atoms with Crippen LogP contribution in [0.5, 0.6) is 0 Å². The molecule has 0 aliphatic heterocycles. The fraction of sp³-hybridized carbons (Fsp3) is 1.00. The second-order valence-electron chi connectivity index (χ2n) is 4.35. The molecule has 0 atom stereocenters. The second kappa shape index (κ2) is 5.74. The van der Waals surface area contributed by atoms with E-state index in [1.54, 1.807) is 4.90 Å². The topological polar surface area (TPSA) is 122 Å². The second-order valence-corrected chi connectivity index (χ2v) is 4.35. The van der Waals surface area contributed by atoms with E-state index in [2.05, 4.69) is 0 Å². The van der Waals surface area contributed by atoms with Crippen LogP contribution in [0.4, 0.5) is 0 Å². The van der Waals surface area contributed by atoms with Crippen molar-refractivity contribution in [1.82, 2.24) is 4.90 Å². The minimum absolute atomic E-state index is 0.0587. The van der Waals surface area contributed by atoms with Crippen LogP contribution in [0.1, 0.15) is 13.8 Å². The Labute approximate surface area is 91.0 Å². The lowest BCUT2D eigenvalue weighted by Gasteiger charge is -2.47. The number of nitrogens with zero attached hydrogens (tertiary/aromatic N) is 1. The van der Waals surface area contributed by atoms with Crippen LogP contribution in [0.3, 0.4) is 0 Å². The zero-order valence-corrected chi connectivity index (χ0v) is 9.61. The van der Waals surface area contributed by atoms with Gasteiger partial charge in [-0.15, -0.1) is 0 Å². The molecule has 8 N–H and O–H groups in total. The maximum Gasteiger partial charge on any atom is 0.127 e. The first-order chi connectivity index (χ1) is 6.83. The van der Waals surface area contributed by atoms with E-state index in [0.29, 0.717) is 19.6 Å². The molecule has 0 aliphatic rings. The third-order valence-corrected chi connectivity index (χ3v) is 2.86. The van der Waals surface area contributed by atoms with Crippen molar-refractivity contribution in [2.75, 3.05) is 32.8 Å². The Morgan fingerprint density at radius 1 is 1.07 bits per heavy atom. The molecule has 0 radical (unpaired) electrons. The summed E-state index contributed by atoms with van der Waals surface area (Å²) in [4.78, 5) is 1.64. The molecular weight excluding hydrogens is 196 g/mol. The molecule has 0 saturated carbocycles. The molecule has 0 saturated heterocycles. The van der Waals surface area contributed by atoms with E-state index < -0.39 is 11.2 Å². The Kier molecular flexibility index (Phi) is 5.65. The van der Waals surface area contributed by atoms with Gasteiger partial charge in [-0.05, 0) is 0 Å². The van der Waals surface area contributed by atoms with E-state index in [1.165, 1.54) is 0 Å². The first-order valence-electron chi connectivity index (χ1n) is 5.08. The number of rotatable bonds is 7. The minimum Gasteiger partial charge on any atom is -0.395 e. The van der Waals surface area contributed by atoms with Gasteiger partial charge in [-0.3, -0.25) is 4.90 Å². The van der Waals surface area contributed by atoms with Crippen molar-refractivity contribution in [1.29, 1.82) is 0 Å². The average Bonchev–Trinajstić information content (AvgIpc) is 2.17. The molecule has 0 amide bonds. The van der Waals surface area contributed by atoms with Gasteiger partial charge in [0.1, 0.15) is 5.79 Å². The predicted octanol–water partition coefficient (Wildman–Crippen LogP) is -2.17. The Morgan fingerprint density at radius 3 is 1.73 bits per heavy atom. The third kappa shape index (κ3) is 3.37. The summed E-state index contributed by atoms with van der Waals surface area (Å²) < 4.78 is 0. The molecule has 0 aromatic rings. The summed E-state index contributed by atoms with van der Waals surface area (Å²) in [5, 5.41) is 17.8. The lowest BCUT2D eigenvalue weighted by molar-refractivity contribution is -0.0225. The molecule has 0 unspecified atom stereocenters. The number of nitrogens with two attached hydrogens (primary N) is 3. The zero-order valence-electron chi connectivity index (χ0n) is 9.61. The molecular formula is C9H24N4O2. The van der Waals surface area contributed by atoms with E-state index in [0.717, 1.165) is 0 Å². The Balaban J connectivity index is 4.75. The van der Waals surface area contributed by atoms with Crippen LogP contribution >= 0.6 is 0 Å². The van der Waals surface area contributed by atoms with E-state index >= 15 is 0 Å². The van der Waals surface area contributed by atoms with Crippen LogP contribution in [0.15, 0.2) is 0 Å². The Hall–Kier alpha value is -0.240. The fourth-order valence-electron chi connectivity index (χ4n) is 1.31. The molecule has 92 valence electrons. The maximum atomic E-state index is 8.90. The van der Waals surface area contributed by atoms with Crippen molar-refractivity contribution >= 4 is 0 Å². The Bertz CT molecular complexity index is 179. The zero-order chi connectivity index (χ0) is 12.1. The third-order valence-electron chi connectivity index (χ3n) is 2.86. The quantitative estimate of drug-likeness (QED) is 0.311. The van der Waals surface area contributed by atoms with Gasteiger partial charge in [-0.2, -0.15) is 0 Å². The highest BCUT2D eigenvalue weighted by molar-refractivity contribution is 4.93. The highest BCUT2D eigenvalue weighted by Crippen LogP contribution is 2.26. The maximum absolute atomic E-state index is 8.90. The molecule has 15 heavy (non-hydrogen) atoms. The van der Waals surface area contributed by atoms with Gasteiger partial charge in [0.05, 0.1) is 13.2 Å². The standard InChI is InChI=1S/C9H24N4O2/c1-8(2,7-10)9(11,12)13(3-5-14)4-6-15/h14-15H,3-7,10-12H2,1-2H3. The molecule has 0 aromatic heterocycles. The summed E-state index contributed by atoms with van der Waals surface area (Å²) in [7, 11) is 0. The van der Waals surface area contributed by atoms with Crippen molar-refractivity contribution in [3.63, 3.8) is 0 Å². The van der Waals surface area contributed by atoms with Crippen molar-refractivity contribution in [2.45, 2.75) is 19.6 Å². The normalized spacial score (nSPS) is 13.6. The molecule has 0 heterocycles. The Morgan fingerprint density at radius 2 is 1.47 bits per heavy atom. The van der Waals surface area contributed by atoms with Gasteiger partial charge in [0.25, 0.3) is 0 Å². The number of hydrogen-bond donors (Lipinski definition) is 5. The van der Waals surface area contributed by atoms with E-state index in [-0.39, 0.29) is 13.2 Å². The summed E-state index contributed by atoms with van der Waals surface area (Å²) in [6.07, 6.45) is 0. The van der Waals surface area contributed by atoms with Gasteiger partial charge in [0.2, 0.25) is 0 Å². The van der Waals surface area contributed by atoms with Gasteiger partial charge in [-0.1, -0.05) is 13.8 Å². The lowest BCUT2D eigenvalue weighted by atomic mass is 9.84. The van der Waals surface area contributed by atoms with Crippen LogP contribution in [0.25, 0.3) is 0 Å². The van der Waals surface area contributed by atoms with Gasteiger partial charge >= 0.3 is 0 Å². The van der Waals surface area contributed by atoms with Crippen LogP contribution < -0.4 is 17.2 Å². The lowest BCUT2D eigenvalue weighted by Crippen LogP contribution is -2.73. The molecule has 0 rings (SSSR count). The van der Waals surface area contributed by atoms with E-state index in [9.17, 15) is 0 Å². The minimum atomic E-state index is -1.15. The highest BCUT2D eigenvalue weighted by Gasteiger charge is 2.41. The molecule has 0 aliphatic carbocycles. The van der Waals surface area contributed by atoms with Crippen LogP contribution in [0, 0.1) is 5.41 Å². The summed E-state index contributed by atoms with van der Waals surface area (Å²) in [6.45, 7) is 4.55. The summed E-state index contributed by atoms with van der Waals surface area (Å²) in [5.74, 6) is -1.15. The van der Waals surface area contributed by atoms with Crippen molar-refractivity contribution in [3.05, 3.63) is 0 Å². The monoisotopic (exact) mass is 220 g/mol. The summed E-state index contributed by atoms with van der Waals surface area (Å²) in [5.41, 5.74) is 17.2. The molecule has 0 fully saturated rings. The van der Waals surface area contributed by atoms with Gasteiger partial charge in [0.15, 0.2) is 0 Å². The van der Waals surface area contributed by atoms with E-state index in [4.69, 9.17) is 27.4 Å². The first kappa shape index (κ1) is 14.8. The predicted molar refractivity (Wildman–Crippen MR) is 59.7 cm³/mol. The SMILES string of the molecule is CC(C)(CN)C(N)(N)N(CCO)CCO.